The molecule has 3 aromatic rings. The summed E-state index contributed by atoms with van der Waals surface area (Å²) in [7, 11) is -4.15. The Bertz CT molecular complexity index is 1450. The van der Waals surface area contributed by atoms with Crippen LogP contribution in [-0.4, -0.2) is 39.6 Å². The van der Waals surface area contributed by atoms with E-state index in [0.717, 1.165) is 17.7 Å². The maximum Gasteiger partial charge on any atom is 0.338 e. The molecule has 1 fully saturated rings. The molecule has 0 spiro atoms. The van der Waals surface area contributed by atoms with Crippen molar-refractivity contribution in [3.05, 3.63) is 88.2 Å². The molecule has 1 atom stereocenters. The van der Waals surface area contributed by atoms with Gasteiger partial charge >= 0.3 is 5.97 Å². The molecule has 0 aromatic heterocycles. The van der Waals surface area contributed by atoms with Gasteiger partial charge in [0.1, 0.15) is 12.4 Å². The van der Waals surface area contributed by atoms with Gasteiger partial charge in [0, 0.05) is 17.2 Å². The summed E-state index contributed by atoms with van der Waals surface area (Å²) in [6.07, 6.45) is 1.47. The number of carbonyl (C=O) groups excluding carboxylic acids is 2. The molecular formula is C26H21ClFNO6S. The number of benzene rings is 3. The van der Waals surface area contributed by atoms with Gasteiger partial charge in [0.05, 0.1) is 39.3 Å². The zero-order chi connectivity index (χ0) is 25.4. The van der Waals surface area contributed by atoms with Crippen LogP contribution in [-0.2, 0) is 25.9 Å². The van der Waals surface area contributed by atoms with Gasteiger partial charge in [-0.2, -0.15) is 0 Å². The third-order valence-corrected chi connectivity index (χ3v) is 8.44. The number of hydrogen-bond donors (Lipinski definition) is 0. The van der Waals surface area contributed by atoms with Crippen LogP contribution in [0.15, 0.2) is 70.5 Å². The summed E-state index contributed by atoms with van der Waals surface area (Å²) in [5, 5.41) is 0.0804. The van der Waals surface area contributed by atoms with Gasteiger partial charge in [-0.15, -0.1) is 0 Å². The molecule has 0 bridgehead atoms. The lowest BCUT2D eigenvalue weighted by Crippen LogP contribution is -2.31. The van der Waals surface area contributed by atoms with Crippen molar-refractivity contribution in [3.63, 3.8) is 0 Å². The molecule has 7 nitrogen and oxygen atoms in total. The van der Waals surface area contributed by atoms with Gasteiger partial charge in [-0.1, -0.05) is 29.8 Å². The number of rotatable bonds is 5. The summed E-state index contributed by atoms with van der Waals surface area (Å²) in [6, 6.07) is 13.8. The van der Waals surface area contributed by atoms with Gasteiger partial charge in [0.25, 0.3) is 5.91 Å². The summed E-state index contributed by atoms with van der Waals surface area (Å²) in [5.74, 6) is -2.01. The van der Waals surface area contributed by atoms with Crippen LogP contribution >= 0.6 is 11.6 Å². The number of nitrogens with zero attached hydrogens (tertiary/aromatic N) is 1. The van der Waals surface area contributed by atoms with E-state index < -0.39 is 27.5 Å². The molecule has 186 valence electrons. The maximum atomic E-state index is 14.7. The highest BCUT2D eigenvalue weighted by molar-refractivity contribution is 7.91. The Hall–Kier alpha value is -3.27. The number of anilines is 1. The Morgan fingerprint density at radius 2 is 1.92 bits per heavy atom. The minimum Gasteiger partial charge on any atom is -0.459 e. The highest BCUT2D eigenvalue weighted by atomic mass is 35.5. The molecule has 1 amide bonds. The molecule has 2 aliphatic rings. The number of hydrogen-bond acceptors (Lipinski definition) is 6. The number of sulfone groups is 1. The van der Waals surface area contributed by atoms with E-state index in [1.54, 1.807) is 6.07 Å². The van der Waals surface area contributed by atoms with E-state index in [2.05, 4.69) is 0 Å². The second kappa shape index (κ2) is 9.65. The number of carbonyl (C=O) groups is 2. The molecule has 0 radical (unpaired) electrons. The zero-order valence-corrected chi connectivity index (χ0v) is 20.5. The average Bonchev–Trinajstić information content (AvgIpc) is 3.38. The van der Waals surface area contributed by atoms with Crippen molar-refractivity contribution in [3.8, 4) is 0 Å². The minimum absolute atomic E-state index is 0.0154. The Kier molecular flexibility index (Phi) is 6.55. The normalized spacial score (nSPS) is 18.3. The van der Waals surface area contributed by atoms with E-state index in [0.29, 0.717) is 6.61 Å². The lowest BCUT2D eigenvalue weighted by Gasteiger charge is -2.24. The van der Waals surface area contributed by atoms with Crippen LogP contribution in [0.1, 0.15) is 39.1 Å². The predicted molar refractivity (Wildman–Crippen MR) is 130 cm³/mol. The number of amides is 1. The number of esters is 1. The lowest BCUT2D eigenvalue weighted by molar-refractivity contribution is 0.0161. The molecule has 0 aliphatic carbocycles. The van der Waals surface area contributed by atoms with Crippen molar-refractivity contribution in [1.29, 1.82) is 0 Å². The molecule has 5 rings (SSSR count). The van der Waals surface area contributed by atoms with Crippen molar-refractivity contribution >= 4 is 39.0 Å². The zero-order valence-electron chi connectivity index (χ0n) is 18.9. The predicted octanol–water partition coefficient (Wildman–Crippen LogP) is 4.81. The first-order valence-corrected chi connectivity index (χ1v) is 13.1. The van der Waals surface area contributed by atoms with Crippen LogP contribution < -0.4 is 4.90 Å². The first kappa shape index (κ1) is 24.4. The summed E-state index contributed by atoms with van der Waals surface area (Å²) >= 11 is 6.22. The fraction of sp³-hybridized carbons (Fsp3) is 0.231. The van der Waals surface area contributed by atoms with E-state index in [1.807, 2.05) is 0 Å². The smallest absolute Gasteiger partial charge is 0.338 e. The van der Waals surface area contributed by atoms with Gasteiger partial charge < -0.3 is 14.4 Å². The monoisotopic (exact) mass is 529 g/mol. The largest absolute Gasteiger partial charge is 0.459 e. The third kappa shape index (κ3) is 4.38. The quantitative estimate of drug-likeness (QED) is 0.441. The van der Waals surface area contributed by atoms with E-state index in [9.17, 15) is 22.4 Å². The highest BCUT2D eigenvalue weighted by Gasteiger charge is 2.36. The topological polar surface area (TPSA) is 90.0 Å². The summed E-state index contributed by atoms with van der Waals surface area (Å²) in [4.78, 5) is 27.2. The van der Waals surface area contributed by atoms with Gasteiger partial charge in [0.15, 0.2) is 0 Å². The Labute approximate surface area is 212 Å². The van der Waals surface area contributed by atoms with Crippen molar-refractivity contribution < 1.29 is 31.9 Å². The average molecular weight is 530 g/mol. The van der Waals surface area contributed by atoms with Crippen LogP contribution in [0.4, 0.5) is 10.1 Å². The minimum atomic E-state index is -4.15. The van der Waals surface area contributed by atoms with Gasteiger partial charge in [-0.25, -0.2) is 17.6 Å². The van der Waals surface area contributed by atoms with Gasteiger partial charge in [-0.3, -0.25) is 4.79 Å². The standard InChI is InChI=1S/C26H21ClFNO6S/c27-20-7-3-8-21(28)19(20)14-29-22-13-16(26(31)35-15-17-5-4-12-34-17)10-11-24(22)36(32,33)23-9-2-1-6-18(23)25(29)30/h1-3,6-11,13,17H,4-5,12,14-15H2/t17-/m1/s1. The molecule has 0 N–H and O–H groups in total. The first-order valence-electron chi connectivity index (χ1n) is 11.3. The summed E-state index contributed by atoms with van der Waals surface area (Å²) in [6.45, 7) is 0.317. The molecule has 1 saturated heterocycles. The van der Waals surface area contributed by atoms with Crippen molar-refractivity contribution in [2.24, 2.45) is 0 Å². The maximum absolute atomic E-state index is 14.7. The van der Waals surface area contributed by atoms with Crippen LogP contribution in [0, 0.1) is 5.82 Å². The van der Waals surface area contributed by atoms with Crippen LogP contribution in [0.2, 0.25) is 5.02 Å². The van der Waals surface area contributed by atoms with E-state index >= 15 is 0 Å². The van der Waals surface area contributed by atoms with Crippen molar-refractivity contribution in [2.45, 2.75) is 35.3 Å². The third-order valence-electron chi connectivity index (χ3n) is 6.23. The molecule has 0 saturated carbocycles. The van der Waals surface area contributed by atoms with E-state index in [4.69, 9.17) is 21.1 Å². The Morgan fingerprint density at radius 1 is 1.11 bits per heavy atom. The molecule has 36 heavy (non-hydrogen) atoms. The van der Waals surface area contributed by atoms with Gasteiger partial charge in [0.2, 0.25) is 9.84 Å². The molecule has 10 heteroatoms. The lowest BCUT2D eigenvalue weighted by atomic mass is 10.1. The van der Waals surface area contributed by atoms with Crippen molar-refractivity contribution in [1.82, 2.24) is 0 Å². The Balaban J connectivity index is 1.61. The van der Waals surface area contributed by atoms with Crippen LogP contribution in [0.3, 0.4) is 0 Å². The van der Waals surface area contributed by atoms with Crippen LogP contribution in [0.25, 0.3) is 0 Å². The van der Waals surface area contributed by atoms with Crippen LogP contribution in [0.5, 0.6) is 0 Å². The highest BCUT2D eigenvalue weighted by Crippen LogP contribution is 2.39. The number of ether oxygens (including phenoxy) is 2. The molecule has 0 unspecified atom stereocenters. The van der Waals surface area contributed by atoms with Gasteiger partial charge in [-0.05, 0) is 55.3 Å². The molecule has 2 aliphatic heterocycles. The molecule has 3 aromatic carbocycles. The fourth-order valence-electron chi connectivity index (χ4n) is 4.36. The number of halogens is 2. The summed E-state index contributed by atoms with van der Waals surface area (Å²) in [5.41, 5.74) is -0.0716. The fourth-order valence-corrected chi connectivity index (χ4v) is 6.21. The second-order valence-electron chi connectivity index (χ2n) is 8.51. The van der Waals surface area contributed by atoms with E-state index in [-0.39, 0.29) is 56.4 Å². The first-order chi connectivity index (χ1) is 17.3. The summed E-state index contributed by atoms with van der Waals surface area (Å²) < 4.78 is 52.7. The number of fused-ring (bicyclic) bond motifs is 2. The van der Waals surface area contributed by atoms with E-state index in [1.165, 1.54) is 54.6 Å². The second-order valence-corrected chi connectivity index (χ2v) is 10.8. The Morgan fingerprint density at radius 3 is 2.67 bits per heavy atom. The SMILES string of the molecule is O=C(OC[C@H]1CCCO1)c1ccc2c(c1)N(Cc1c(F)cccc1Cl)C(=O)c1ccccc1S2(=O)=O. The molecular weight excluding hydrogens is 509 g/mol. The van der Waals surface area contributed by atoms with Crippen molar-refractivity contribution in [2.75, 3.05) is 18.1 Å². The molecule has 2 heterocycles.